The van der Waals surface area contributed by atoms with Gasteiger partial charge in [-0.15, -0.1) is 11.6 Å². The Labute approximate surface area is 90.1 Å². The molecule has 84 valence electrons. The van der Waals surface area contributed by atoms with Crippen LogP contribution in [0.4, 0.5) is 0 Å². The lowest BCUT2D eigenvalue weighted by molar-refractivity contribution is -0.142. The van der Waals surface area contributed by atoms with Gasteiger partial charge in [0.15, 0.2) is 0 Å². The van der Waals surface area contributed by atoms with Crippen molar-refractivity contribution >= 4 is 17.6 Å². The summed E-state index contributed by atoms with van der Waals surface area (Å²) in [6.07, 6.45) is 2.91. The Kier molecular flexibility index (Phi) is 7.90. The zero-order valence-corrected chi connectivity index (χ0v) is 9.33. The van der Waals surface area contributed by atoms with E-state index in [0.29, 0.717) is 31.6 Å². The number of halogens is 1. The van der Waals surface area contributed by atoms with Gasteiger partial charge in [-0.3, -0.25) is 4.79 Å². The molecule has 0 rings (SSSR count). The maximum Gasteiger partial charge on any atom is 0.306 e. The van der Waals surface area contributed by atoms with Crippen LogP contribution in [0.25, 0.3) is 0 Å². The molecular formula is C10H19ClO3. The van der Waals surface area contributed by atoms with Crippen molar-refractivity contribution in [3.63, 3.8) is 0 Å². The number of aliphatic hydroxyl groups is 1. The topological polar surface area (TPSA) is 57.5 Å². The summed E-state index contributed by atoms with van der Waals surface area (Å²) < 4.78 is 0. The first-order chi connectivity index (χ1) is 6.61. The van der Waals surface area contributed by atoms with Crippen LogP contribution >= 0.6 is 11.6 Å². The van der Waals surface area contributed by atoms with Crippen molar-refractivity contribution in [2.24, 2.45) is 5.92 Å². The lowest BCUT2D eigenvalue weighted by Gasteiger charge is -2.11. The van der Waals surface area contributed by atoms with E-state index < -0.39 is 5.97 Å². The summed E-state index contributed by atoms with van der Waals surface area (Å²) in [5.41, 5.74) is 0. The Morgan fingerprint density at radius 3 is 2.43 bits per heavy atom. The number of hydrogen-bond donors (Lipinski definition) is 2. The number of rotatable bonds is 8. The highest BCUT2D eigenvalue weighted by molar-refractivity contribution is 6.17. The van der Waals surface area contributed by atoms with Crippen LogP contribution in [0.3, 0.4) is 0 Å². The molecule has 3 nitrogen and oxygen atoms in total. The minimum atomic E-state index is -0.737. The first-order valence-electron chi connectivity index (χ1n) is 5.08. The fraction of sp³-hybridized carbons (Fsp3) is 0.900. The summed E-state index contributed by atoms with van der Waals surface area (Å²) in [4.78, 5) is 10.6. The van der Waals surface area contributed by atoms with E-state index in [1.807, 2.05) is 6.92 Å². The molecule has 0 heterocycles. The number of carboxylic acids is 1. The molecule has 0 saturated heterocycles. The molecule has 0 aliphatic heterocycles. The van der Waals surface area contributed by atoms with Crippen LogP contribution in [0, 0.1) is 5.92 Å². The van der Waals surface area contributed by atoms with Gasteiger partial charge in [-0.2, -0.15) is 0 Å². The van der Waals surface area contributed by atoms with Gasteiger partial charge in [0.2, 0.25) is 0 Å². The average Bonchev–Trinajstić information content (AvgIpc) is 2.12. The summed E-state index contributed by atoms with van der Waals surface area (Å²) >= 11 is 5.46. The average molecular weight is 223 g/mol. The zero-order chi connectivity index (χ0) is 11.0. The number of carboxylic acid groups (broad SMARTS) is 1. The monoisotopic (exact) mass is 222 g/mol. The van der Waals surface area contributed by atoms with Gasteiger partial charge in [0.1, 0.15) is 0 Å². The Balaban J connectivity index is 3.55. The number of carbonyl (C=O) groups is 1. The molecule has 1 unspecified atom stereocenters. The zero-order valence-electron chi connectivity index (χ0n) is 8.58. The van der Waals surface area contributed by atoms with E-state index in [1.165, 1.54) is 0 Å². The molecule has 14 heavy (non-hydrogen) atoms. The van der Waals surface area contributed by atoms with E-state index >= 15 is 0 Å². The van der Waals surface area contributed by atoms with Crippen molar-refractivity contribution in [1.29, 1.82) is 0 Å². The van der Waals surface area contributed by atoms with Crippen molar-refractivity contribution < 1.29 is 15.0 Å². The van der Waals surface area contributed by atoms with Gasteiger partial charge in [0, 0.05) is 5.88 Å². The van der Waals surface area contributed by atoms with Crippen LogP contribution in [0.5, 0.6) is 0 Å². The molecule has 0 bridgehead atoms. The Hall–Kier alpha value is -0.280. The van der Waals surface area contributed by atoms with E-state index in [9.17, 15) is 9.90 Å². The van der Waals surface area contributed by atoms with Crippen LogP contribution in [0.15, 0.2) is 0 Å². The molecule has 0 aromatic heterocycles. The summed E-state index contributed by atoms with van der Waals surface area (Å²) in [5.74, 6) is -0.547. The van der Waals surface area contributed by atoms with Crippen LogP contribution in [-0.4, -0.2) is 28.2 Å². The van der Waals surface area contributed by atoms with Gasteiger partial charge in [0.25, 0.3) is 0 Å². The minimum absolute atomic E-state index is 0.266. The molecule has 0 aliphatic rings. The molecule has 4 heteroatoms. The molecule has 0 spiro atoms. The summed E-state index contributed by atoms with van der Waals surface area (Å²) in [6, 6.07) is 0. The summed E-state index contributed by atoms with van der Waals surface area (Å²) in [5, 5.41) is 18.1. The van der Waals surface area contributed by atoms with Crippen molar-refractivity contribution in [2.75, 3.05) is 5.88 Å². The highest BCUT2D eigenvalue weighted by atomic mass is 35.5. The maximum absolute atomic E-state index is 10.6. The molecule has 0 saturated carbocycles. The predicted octanol–water partition coefficient (Wildman–Crippen LogP) is 2.26. The quantitative estimate of drug-likeness (QED) is 0.620. The van der Waals surface area contributed by atoms with E-state index in [0.717, 1.165) is 6.42 Å². The van der Waals surface area contributed by atoms with Crippen molar-refractivity contribution in [2.45, 2.75) is 45.1 Å². The fourth-order valence-corrected chi connectivity index (χ4v) is 1.62. The molecule has 2 N–H and O–H groups in total. The standard InChI is InChI=1S/C10H19ClO3/c1-2-8(10(13)14)4-3-5-9(12)6-7-11/h8-9,12H,2-7H2,1H3,(H,13,14)/t8?,9-/m1/s1. The van der Waals surface area contributed by atoms with Crippen LogP contribution < -0.4 is 0 Å². The van der Waals surface area contributed by atoms with E-state index in [2.05, 4.69) is 0 Å². The van der Waals surface area contributed by atoms with Crippen LogP contribution in [0.2, 0.25) is 0 Å². The van der Waals surface area contributed by atoms with Gasteiger partial charge < -0.3 is 10.2 Å². The minimum Gasteiger partial charge on any atom is -0.481 e. The smallest absolute Gasteiger partial charge is 0.306 e. The highest BCUT2D eigenvalue weighted by Gasteiger charge is 2.14. The normalized spacial score (nSPS) is 15.1. The lowest BCUT2D eigenvalue weighted by Crippen LogP contribution is -2.14. The number of aliphatic hydroxyl groups excluding tert-OH is 1. The second-order valence-corrected chi connectivity index (χ2v) is 3.88. The van der Waals surface area contributed by atoms with Crippen molar-refractivity contribution in [3.8, 4) is 0 Å². The molecule has 0 aromatic carbocycles. The van der Waals surface area contributed by atoms with Gasteiger partial charge in [-0.05, 0) is 25.7 Å². The Morgan fingerprint density at radius 2 is 2.00 bits per heavy atom. The second kappa shape index (κ2) is 8.06. The molecule has 0 amide bonds. The predicted molar refractivity (Wildman–Crippen MR) is 56.6 cm³/mol. The third-order valence-electron chi connectivity index (χ3n) is 2.37. The first-order valence-corrected chi connectivity index (χ1v) is 5.62. The maximum atomic E-state index is 10.6. The van der Waals surface area contributed by atoms with E-state index in [1.54, 1.807) is 0 Å². The molecule has 0 aliphatic carbocycles. The molecular weight excluding hydrogens is 204 g/mol. The lowest BCUT2D eigenvalue weighted by atomic mass is 9.98. The number of alkyl halides is 1. The second-order valence-electron chi connectivity index (χ2n) is 3.51. The molecule has 2 atom stereocenters. The molecule has 0 fully saturated rings. The Morgan fingerprint density at radius 1 is 1.36 bits per heavy atom. The number of hydrogen-bond acceptors (Lipinski definition) is 2. The van der Waals surface area contributed by atoms with Crippen LogP contribution in [0.1, 0.15) is 39.0 Å². The van der Waals surface area contributed by atoms with Gasteiger partial charge in [-0.25, -0.2) is 0 Å². The third-order valence-corrected chi connectivity index (χ3v) is 2.59. The number of aliphatic carboxylic acids is 1. The molecule has 0 aromatic rings. The van der Waals surface area contributed by atoms with Crippen molar-refractivity contribution in [3.05, 3.63) is 0 Å². The van der Waals surface area contributed by atoms with Gasteiger partial charge >= 0.3 is 5.97 Å². The van der Waals surface area contributed by atoms with Gasteiger partial charge in [0.05, 0.1) is 12.0 Å². The first kappa shape index (κ1) is 13.7. The van der Waals surface area contributed by atoms with Crippen LogP contribution in [-0.2, 0) is 4.79 Å². The Bertz CT molecular complexity index is 161. The summed E-state index contributed by atoms with van der Waals surface area (Å²) in [6.45, 7) is 1.87. The van der Waals surface area contributed by atoms with Crippen molar-refractivity contribution in [1.82, 2.24) is 0 Å². The fourth-order valence-electron chi connectivity index (χ4n) is 1.37. The SMILES string of the molecule is CCC(CCC[C@@H](O)CCCl)C(=O)O. The largest absolute Gasteiger partial charge is 0.481 e. The van der Waals surface area contributed by atoms with E-state index in [-0.39, 0.29) is 12.0 Å². The molecule has 0 radical (unpaired) electrons. The highest BCUT2D eigenvalue weighted by Crippen LogP contribution is 2.14. The van der Waals surface area contributed by atoms with Gasteiger partial charge in [-0.1, -0.05) is 13.3 Å². The third kappa shape index (κ3) is 6.22. The summed E-state index contributed by atoms with van der Waals surface area (Å²) in [7, 11) is 0. The van der Waals surface area contributed by atoms with E-state index in [4.69, 9.17) is 16.7 Å².